The highest BCUT2D eigenvalue weighted by Crippen LogP contribution is 2.32. The van der Waals surface area contributed by atoms with Crippen LogP contribution >= 0.6 is 0 Å². The maximum atomic E-state index is 10.1. The molecule has 0 radical (unpaired) electrons. The number of hydrogen-bond acceptors (Lipinski definition) is 7. The van der Waals surface area contributed by atoms with Crippen LogP contribution in [0.1, 0.15) is 11.9 Å². The zero-order valence-corrected chi connectivity index (χ0v) is 11.3. The zero-order valence-electron chi connectivity index (χ0n) is 11.3. The van der Waals surface area contributed by atoms with Crippen LogP contribution < -0.4 is 0 Å². The van der Waals surface area contributed by atoms with Gasteiger partial charge < -0.3 is 35.0 Å². The third kappa shape index (κ3) is 3.58. The Kier molecular flexibility index (Phi) is 5.65. The van der Waals surface area contributed by atoms with Gasteiger partial charge in [0.2, 0.25) is 0 Å². The zero-order chi connectivity index (χ0) is 15.4. The molecule has 7 heteroatoms. The predicted molar refractivity (Wildman–Crippen MR) is 71.1 cm³/mol. The molecule has 0 amide bonds. The molecule has 21 heavy (non-hydrogen) atoms. The molecular weight excluding hydrogens is 280 g/mol. The summed E-state index contributed by atoms with van der Waals surface area (Å²) in [5.74, 6) is 0. The smallest absolute Gasteiger partial charge is 0.184 e. The van der Waals surface area contributed by atoms with Crippen LogP contribution in [0.4, 0.5) is 0 Å². The van der Waals surface area contributed by atoms with E-state index in [1.807, 2.05) is 0 Å². The lowest BCUT2D eigenvalue weighted by atomic mass is 9.97. The molecule has 6 atom stereocenters. The van der Waals surface area contributed by atoms with Gasteiger partial charge in [-0.25, -0.2) is 0 Å². The van der Waals surface area contributed by atoms with E-state index in [1.54, 1.807) is 30.3 Å². The summed E-state index contributed by atoms with van der Waals surface area (Å²) in [5.41, 5.74) is 0.634. The van der Waals surface area contributed by atoms with E-state index in [-0.39, 0.29) is 0 Å². The third-order valence-corrected chi connectivity index (χ3v) is 3.44. The lowest BCUT2D eigenvalue weighted by molar-refractivity contribution is -0.321. The normalized spacial score (nSPS) is 32.6. The number of hydrogen-bond donors (Lipinski definition) is 5. The van der Waals surface area contributed by atoms with Crippen LogP contribution in [0.15, 0.2) is 30.3 Å². The van der Waals surface area contributed by atoms with Crippen molar-refractivity contribution in [2.45, 2.75) is 36.8 Å². The highest BCUT2D eigenvalue weighted by atomic mass is 16.7. The molecule has 0 spiro atoms. The minimum absolute atomic E-state index is 0.606. The van der Waals surface area contributed by atoms with Crippen LogP contribution in [0.25, 0.3) is 0 Å². The lowest BCUT2D eigenvalue weighted by Gasteiger charge is -2.42. The average molecular weight is 300 g/mol. The minimum Gasteiger partial charge on any atom is -0.394 e. The summed E-state index contributed by atoms with van der Waals surface area (Å²) in [6.45, 7) is -1.21. The second-order valence-electron chi connectivity index (χ2n) is 4.93. The monoisotopic (exact) mass is 300 g/mol. The summed E-state index contributed by atoms with van der Waals surface area (Å²) in [6, 6.07) is 8.80. The van der Waals surface area contributed by atoms with Crippen molar-refractivity contribution in [1.29, 1.82) is 0 Å². The highest BCUT2D eigenvalue weighted by Gasteiger charge is 2.45. The summed E-state index contributed by atoms with van der Waals surface area (Å²) in [5, 5.41) is 47.7. The fourth-order valence-corrected chi connectivity index (χ4v) is 2.28. The van der Waals surface area contributed by atoms with Gasteiger partial charge in [-0.05, 0) is 0 Å². The predicted octanol–water partition coefficient (Wildman–Crippen LogP) is -1.46. The Morgan fingerprint density at radius 1 is 0.905 bits per heavy atom. The molecule has 118 valence electrons. The van der Waals surface area contributed by atoms with E-state index in [0.717, 1.165) is 0 Å². The van der Waals surface area contributed by atoms with E-state index >= 15 is 0 Å². The average Bonchev–Trinajstić information content (AvgIpc) is 2.54. The first-order chi connectivity index (χ1) is 10.1. The topological polar surface area (TPSA) is 120 Å². The summed E-state index contributed by atoms with van der Waals surface area (Å²) >= 11 is 0. The van der Waals surface area contributed by atoms with Crippen molar-refractivity contribution in [1.82, 2.24) is 0 Å². The van der Waals surface area contributed by atoms with Gasteiger partial charge in [0.1, 0.15) is 30.5 Å². The van der Waals surface area contributed by atoms with Crippen LogP contribution in [-0.4, -0.2) is 69.3 Å². The van der Waals surface area contributed by atoms with E-state index in [2.05, 4.69) is 0 Å². The maximum Gasteiger partial charge on any atom is 0.184 e. The van der Waals surface area contributed by atoms with Crippen molar-refractivity contribution in [3.63, 3.8) is 0 Å². The van der Waals surface area contributed by atoms with Crippen LogP contribution in [-0.2, 0) is 9.47 Å². The van der Waals surface area contributed by atoms with Gasteiger partial charge in [-0.2, -0.15) is 0 Å². The molecule has 2 rings (SSSR count). The fourth-order valence-electron chi connectivity index (χ4n) is 2.28. The van der Waals surface area contributed by atoms with Gasteiger partial charge in [-0.3, -0.25) is 0 Å². The molecule has 0 aliphatic carbocycles. The number of aliphatic hydroxyl groups is 5. The molecule has 1 fully saturated rings. The van der Waals surface area contributed by atoms with Gasteiger partial charge >= 0.3 is 0 Å². The molecule has 5 N–H and O–H groups in total. The molecule has 2 unspecified atom stereocenters. The highest BCUT2D eigenvalue weighted by molar-refractivity contribution is 5.17. The van der Waals surface area contributed by atoms with Gasteiger partial charge in [0.05, 0.1) is 13.2 Å². The van der Waals surface area contributed by atoms with E-state index in [9.17, 15) is 15.3 Å². The first kappa shape index (κ1) is 16.3. The van der Waals surface area contributed by atoms with Gasteiger partial charge in [-0.1, -0.05) is 30.3 Å². The first-order valence-electron chi connectivity index (χ1n) is 6.70. The summed E-state index contributed by atoms with van der Waals surface area (Å²) in [7, 11) is 0. The number of rotatable bonds is 5. The molecule has 0 saturated carbocycles. The molecule has 1 heterocycles. The Bertz CT molecular complexity index is 407. The fraction of sp³-hybridized carbons (Fsp3) is 0.571. The van der Waals surface area contributed by atoms with Crippen LogP contribution in [0.5, 0.6) is 0 Å². The maximum absolute atomic E-state index is 10.1. The van der Waals surface area contributed by atoms with Crippen LogP contribution in [0.3, 0.4) is 0 Å². The Hall–Kier alpha value is -1.06. The molecule has 1 saturated heterocycles. The third-order valence-electron chi connectivity index (χ3n) is 3.44. The minimum atomic E-state index is -1.38. The number of benzene rings is 1. The molecule has 0 bridgehead atoms. The van der Waals surface area contributed by atoms with Gasteiger partial charge in [0.25, 0.3) is 0 Å². The van der Waals surface area contributed by atoms with E-state index in [4.69, 9.17) is 19.7 Å². The van der Waals surface area contributed by atoms with Crippen molar-refractivity contribution < 1.29 is 35.0 Å². The molecular formula is C14H20O7. The Morgan fingerprint density at radius 3 is 1.81 bits per heavy atom. The van der Waals surface area contributed by atoms with Crippen molar-refractivity contribution in [3.8, 4) is 0 Å². The molecule has 1 aromatic carbocycles. The lowest BCUT2D eigenvalue weighted by Crippen LogP contribution is -2.57. The van der Waals surface area contributed by atoms with Crippen LogP contribution in [0.2, 0.25) is 0 Å². The standard InChI is InChI=1S/C14H20O7/c15-6-9(17)12-11(19)13(10(18)7-16)21-14(20-12)8-4-2-1-3-5-8/h1-5,9-19H,6-7H2/t9-,10-,11?,12-,13+,14?/m1/s1. The Morgan fingerprint density at radius 2 is 1.38 bits per heavy atom. The number of ether oxygens (including phenoxy) is 2. The SMILES string of the molecule is OC[C@@H](O)[C@@H]1OC(c2ccccc2)O[C@H]([C@H](O)CO)C1O. The first-order valence-corrected chi connectivity index (χ1v) is 6.70. The molecule has 1 aliphatic heterocycles. The largest absolute Gasteiger partial charge is 0.394 e. The second kappa shape index (κ2) is 7.28. The molecule has 1 aromatic rings. The summed E-state index contributed by atoms with van der Waals surface area (Å²) < 4.78 is 11.0. The molecule has 1 aliphatic rings. The van der Waals surface area contributed by atoms with E-state index < -0.39 is 50.0 Å². The van der Waals surface area contributed by atoms with E-state index in [1.165, 1.54) is 0 Å². The van der Waals surface area contributed by atoms with Gasteiger partial charge in [0.15, 0.2) is 6.29 Å². The van der Waals surface area contributed by atoms with Crippen molar-refractivity contribution >= 4 is 0 Å². The number of aliphatic hydroxyl groups excluding tert-OH is 5. The summed E-state index contributed by atoms with van der Waals surface area (Å²) in [4.78, 5) is 0. The van der Waals surface area contributed by atoms with Gasteiger partial charge in [-0.15, -0.1) is 0 Å². The van der Waals surface area contributed by atoms with Gasteiger partial charge in [0, 0.05) is 5.56 Å². The van der Waals surface area contributed by atoms with Crippen molar-refractivity contribution in [2.75, 3.05) is 13.2 Å². The second-order valence-corrected chi connectivity index (χ2v) is 4.93. The molecule has 7 nitrogen and oxygen atoms in total. The Balaban J connectivity index is 2.24. The summed E-state index contributed by atoms with van der Waals surface area (Å²) in [6.07, 6.45) is -7.24. The van der Waals surface area contributed by atoms with Crippen molar-refractivity contribution in [2.24, 2.45) is 0 Å². The van der Waals surface area contributed by atoms with Crippen molar-refractivity contribution in [3.05, 3.63) is 35.9 Å². The van der Waals surface area contributed by atoms with Crippen LogP contribution in [0, 0.1) is 0 Å². The van der Waals surface area contributed by atoms with E-state index in [0.29, 0.717) is 5.56 Å². The molecule has 0 aromatic heterocycles. The quantitative estimate of drug-likeness (QED) is 0.450. The Labute approximate surface area is 122 Å².